The van der Waals surface area contributed by atoms with E-state index in [1.165, 1.54) is 0 Å². The van der Waals surface area contributed by atoms with Crippen LogP contribution < -0.4 is 5.73 Å². The standard InChI is InChI=1S/C7H9N5O/c1-2-4-6(13-11-7(4)8)5-3-9-12-10-5/h3H,2H2,1H3,(H2,8,11)(H,9,10,12). The van der Waals surface area contributed by atoms with Gasteiger partial charge in [-0.3, -0.25) is 0 Å². The minimum absolute atomic E-state index is 0.417. The molecule has 0 unspecified atom stereocenters. The number of aromatic nitrogens is 4. The van der Waals surface area contributed by atoms with E-state index < -0.39 is 0 Å². The van der Waals surface area contributed by atoms with E-state index in [2.05, 4.69) is 20.6 Å². The summed E-state index contributed by atoms with van der Waals surface area (Å²) in [4.78, 5) is 0. The maximum atomic E-state index is 5.59. The molecule has 0 aromatic carbocycles. The number of aromatic amines is 1. The summed E-state index contributed by atoms with van der Waals surface area (Å²) in [6.45, 7) is 1.98. The van der Waals surface area contributed by atoms with Gasteiger partial charge in [0.25, 0.3) is 0 Å². The Kier molecular flexibility index (Phi) is 1.73. The Morgan fingerprint density at radius 1 is 1.62 bits per heavy atom. The molecule has 0 amide bonds. The molecule has 0 aliphatic rings. The maximum Gasteiger partial charge on any atom is 0.194 e. The van der Waals surface area contributed by atoms with Gasteiger partial charge in [0.05, 0.1) is 6.20 Å². The van der Waals surface area contributed by atoms with Crippen LogP contribution in [0.3, 0.4) is 0 Å². The first kappa shape index (κ1) is 7.78. The first-order valence-corrected chi connectivity index (χ1v) is 3.93. The second-order valence-electron chi connectivity index (χ2n) is 2.58. The fraction of sp³-hybridized carbons (Fsp3) is 0.286. The highest BCUT2D eigenvalue weighted by molar-refractivity contribution is 5.61. The van der Waals surface area contributed by atoms with Gasteiger partial charge < -0.3 is 10.3 Å². The van der Waals surface area contributed by atoms with E-state index in [1.807, 2.05) is 6.92 Å². The second kappa shape index (κ2) is 2.89. The number of hydrogen-bond acceptors (Lipinski definition) is 5. The number of H-pyrrole nitrogens is 1. The summed E-state index contributed by atoms with van der Waals surface area (Å²) in [7, 11) is 0. The van der Waals surface area contributed by atoms with Crippen LogP contribution in [0, 0.1) is 0 Å². The summed E-state index contributed by atoms with van der Waals surface area (Å²) in [6, 6.07) is 0. The molecule has 6 nitrogen and oxygen atoms in total. The lowest BCUT2D eigenvalue weighted by Gasteiger charge is -1.92. The summed E-state index contributed by atoms with van der Waals surface area (Å²) in [6.07, 6.45) is 2.33. The Labute approximate surface area is 74.1 Å². The molecular formula is C7H9N5O. The minimum Gasteiger partial charge on any atom is -0.381 e. The molecule has 0 spiro atoms. The van der Waals surface area contributed by atoms with Gasteiger partial charge in [0, 0.05) is 5.56 Å². The molecule has 0 aliphatic carbocycles. The van der Waals surface area contributed by atoms with Crippen molar-refractivity contribution in [1.82, 2.24) is 20.6 Å². The number of nitrogens with zero attached hydrogens (tertiary/aromatic N) is 3. The van der Waals surface area contributed by atoms with Crippen molar-refractivity contribution in [2.45, 2.75) is 13.3 Å². The van der Waals surface area contributed by atoms with Gasteiger partial charge in [-0.25, -0.2) is 0 Å². The Balaban J connectivity index is 2.52. The van der Waals surface area contributed by atoms with E-state index in [0.29, 0.717) is 17.3 Å². The van der Waals surface area contributed by atoms with Gasteiger partial charge in [0.2, 0.25) is 0 Å². The van der Waals surface area contributed by atoms with E-state index in [4.69, 9.17) is 10.3 Å². The first-order chi connectivity index (χ1) is 6.33. The molecule has 13 heavy (non-hydrogen) atoms. The number of rotatable bonds is 2. The Morgan fingerprint density at radius 3 is 3.08 bits per heavy atom. The zero-order chi connectivity index (χ0) is 9.26. The summed E-state index contributed by atoms with van der Waals surface area (Å²) >= 11 is 0. The van der Waals surface area contributed by atoms with Crippen molar-refractivity contribution >= 4 is 5.82 Å². The molecule has 0 saturated heterocycles. The molecule has 0 aliphatic heterocycles. The molecule has 0 radical (unpaired) electrons. The molecule has 0 fully saturated rings. The van der Waals surface area contributed by atoms with Crippen LogP contribution >= 0.6 is 0 Å². The quantitative estimate of drug-likeness (QED) is 0.704. The van der Waals surface area contributed by atoms with Gasteiger partial charge in [-0.15, -0.1) is 0 Å². The number of nitrogen functional groups attached to an aromatic ring is 1. The van der Waals surface area contributed by atoms with Crippen molar-refractivity contribution in [2.75, 3.05) is 5.73 Å². The fourth-order valence-electron chi connectivity index (χ4n) is 1.18. The number of nitrogens with two attached hydrogens (primary N) is 1. The molecule has 2 heterocycles. The van der Waals surface area contributed by atoms with Gasteiger partial charge in [0.1, 0.15) is 0 Å². The van der Waals surface area contributed by atoms with E-state index in [1.54, 1.807) is 6.20 Å². The molecule has 2 aromatic heterocycles. The monoisotopic (exact) mass is 179 g/mol. The Bertz CT molecular complexity index is 391. The van der Waals surface area contributed by atoms with Gasteiger partial charge in [0.15, 0.2) is 17.3 Å². The highest BCUT2D eigenvalue weighted by Crippen LogP contribution is 2.25. The van der Waals surface area contributed by atoms with Crippen LogP contribution in [0.5, 0.6) is 0 Å². The topological polar surface area (TPSA) is 93.6 Å². The number of anilines is 1. The molecular weight excluding hydrogens is 170 g/mol. The summed E-state index contributed by atoms with van der Waals surface area (Å²) in [5.74, 6) is 1.01. The smallest absolute Gasteiger partial charge is 0.194 e. The zero-order valence-corrected chi connectivity index (χ0v) is 7.11. The van der Waals surface area contributed by atoms with E-state index in [-0.39, 0.29) is 0 Å². The largest absolute Gasteiger partial charge is 0.381 e. The third kappa shape index (κ3) is 1.16. The molecule has 0 atom stereocenters. The average Bonchev–Trinajstić information content (AvgIpc) is 2.71. The van der Waals surface area contributed by atoms with Gasteiger partial charge >= 0.3 is 0 Å². The molecule has 0 bridgehead atoms. The molecule has 68 valence electrons. The number of nitrogens with one attached hydrogen (secondary N) is 1. The lowest BCUT2D eigenvalue weighted by Crippen LogP contribution is -1.90. The second-order valence-corrected chi connectivity index (χ2v) is 2.58. The van der Waals surface area contributed by atoms with Crippen LogP contribution in [-0.2, 0) is 6.42 Å². The molecule has 3 N–H and O–H groups in total. The SMILES string of the molecule is CCc1c(N)noc1-c1cn[nH]n1. The van der Waals surface area contributed by atoms with Crippen molar-refractivity contribution in [3.63, 3.8) is 0 Å². The van der Waals surface area contributed by atoms with E-state index >= 15 is 0 Å². The average molecular weight is 179 g/mol. The van der Waals surface area contributed by atoms with Crippen LogP contribution in [0.25, 0.3) is 11.5 Å². The van der Waals surface area contributed by atoms with Gasteiger partial charge in [-0.2, -0.15) is 15.4 Å². The summed E-state index contributed by atoms with van der Waals surface area (Å²) in [5.41, 5.74) is 7.09. The zero-order valence-electron chi connectivity index (χ0n) is 7.11. The minimum atomic E-state index is 0.417. The van der Waals surface area contributed by atoms with Crippen LogP contribution in [0.4, 0.5) is 5.82 Å². The summed E-state index contributed by atoms with van der Waals surface area (Å²) < 4.78 is 5.03. The van der Waals surface area contributed by atoms with Crippen molar-refractivity contribution < 1.29 is 4.52 Å². The van der Waals surface area contributed by atoms with Crippen LogP contribution in [-0.4, -0.2) is 20.6 Å². The highest BCUT2D eigenvalue weighted by atomic mass is 16.5. The predicted octanol–water partition coefficient (Wildman–Crippen LogP) is 0.604. The highest BCUT2D eigenvalue weighted by Gasteiger charge is 2.15. The lowest BCUT2D eigenvalue weighted by atomic mass is 10.1. The molecule has 2 rings (SSSR count). The lowest BCUT2D eigenvalue weighted by molar-refractivity contribution is 0.433. The van der Waals surface area contributed by atoms with Gasteiger partial charge in [-0.05, 0) is 6.42 Å². The molecule has 2 aromatic rings. The van der Waals surface area contributed by atoms with Crippen molar-refractivity contribution in [3.8, 4) is 11.5 Å². The van der Waals surface area contributed by atoms with Gasteiger partial charge in [-0.1, -0.05) is 12.1 Å². The Morgan fingerprint density at radius 2 is 2.46 bits per heavy atom. The van der Waals surface area contributed by atoms with Crippen molar-refractivity contribution in [1.29, 1.82) is 0 Å². The van der Waals surface area contributed by atoms with Crippen LogP contribution in [0.15, 0.2) is 10.7 Å². The maximum absolute atomic E-state index is 5.59. The van der Waals surface area contributed by atoms with Crippen molar-refractivity contribution in [3.05, 3.63) is 11.8 Å². The number of hydrogen-bond donors (Lipinski definition) is 2. The Hall–Kier alpha value is -1.85. The van der Waals surface area contributed by atoms with Crippen LogP contribution in [0.1, 0.15) is 12.5 Å². The summed E-state index contributed by atoms with van der Waals surface area (Å²) in [5, 5.41) is 13.7. The van der Waals surface area contributed by atoms with E-state index in [0.717, 1.165) is 12.0 Å². The van der Waals surface area contributed by atoms with E-state index in [9.17, 15) is 0 Å². The normalized spacial score (nSPS) is 10.5. The fourth-order valence-corrected chi connectivity index (χ4v) is 1.18. The third-order valence-corrected chi connectivity index (χ3v) is 1.82. The molecule has 0 saturated carbocycles. The van der Waals surface area contributed by atoms with Crippen LogP contribution in [0.2, 0.25) is 0 Å². The first-order valence-electron chi connectivity index (χ1n) is 3.93. The van der Waals surface area contributed by atoms with Crippen molar-refractivity contribution in [2.24, 2.45) is 0 Å². The predicted molar refractivity (Wildman–Crippen MR) is 45.7 cm³/mol. The third-order valence-electron chi connectivity index (χ3n) is 1.82. The molecule has 6 heteroatoms.